The highest BCUT2D eigenvalue weighted by atomic mass is 16.5. The Balaban J connectivity index is 2.53. The van der Waals surface area contributed by atoms with Crippen LogP contribution in [0.2, 0.25) is 0 Å². The normalized spacial score (nSPS) is 19.4. The molecule has 16 heavy (non-hydrogen) atoms. The Hall–Kier alpha value is -1.10. The molecule has 0 aromatic carbocycles. The zero-order valence-corrected chi connectivity index (χ0v) is 9.91. The van der Waals surface area contributed by atoms with Gasteiger partial charge in [-0.25, -0.2) is 0 Å². The van der Waals surface area contributed by atoms with Crippen LogP contribution in [0.3, 0.4) is 0 Å². The SMILES string of the molecule is COC(=O)CC1(NC(=O)C(C)CN)CCC1. The quantitative estimate of drug-likeness (QED) is 0.658. The van der Waals surface area contributed by atoms with Gasteiger partial charge in [0.2, 0.25) is 5.91 Å². The standard InChI is InChI=1S/C11H20N2O3/c1-8(7-12)10(15)13-11(4-3-5-11)6-9(14)16-2/h8H,3-7,12H2,1-2H3,(H,13,15). The molecule has 1 aliphatic carbocycles. The molecule has 0 aromatic rings. The van der Waals surface area contributed by atoms with Crippen molar-refractivity contribution in [1.29, 1.82) is 0 Å². The van der Waals surface area contributed by atoms with E-state index in [0.29, 0.717) is 6.54 Å². The van der Waals surface area contributed by atoms with Gasteiger partial charge in [0.25, 0.3) is 0 Å². The number of rotatable bonds is 5. The Labute approximate surface area is 95.7 Å². The van der Waals surface area contributed by atoms with E-state index in [0.717, 1.165) is 19.3 Å². The fourth-order valence-corrected chi connectivity index (χ4v) is 1.79. The summed E-state index contributed by atoms with van der Waals surface area (Å²) in [4.78, 5) is 23.0. The number of carbonyl (C=O) groups is 2. The first-order chi connectivity index (χ1) is 7.53. The van der Waals surface area contributed by atoms with Crippen molar-refractivity contribution in [2.75, 3.05) is 13.7 Å². The maximum atomic E-state index is 11.7. The molecule has 0 spiro atoms. The second-order valence-electron chi connectivity index (χ2n) is 4.51. The molecule has 1 atom stereocenters. The van der Waals surface area contributed by atoms with E-state index >= 15 is 0 Å². The second kappa shape index (κ2) is 5.30. The van der Waals surface area contributed by atoms with Crippen LogP contribution < -0.4 is 11.1 Å². The van der Waals surface area contributed by atoms with Crippen molar-refractivity contribution in [2.45, 2.75) is 38.1 Å². The lowest BCUT2D eigenvalue weighted by Crippen LogP contribution is -2.56. The molecule has 5 nitrogen and oxygen atoms in total. The van der Waals surface area contributed by atoms with E-state index in [4.69, 9.17) is 5.73 Å². The van der Waals surface area contributed by atoms with Gasteiger partial charge in [-0.2, -0.15) is 0 Å². The van der Waals surface area contributed by atoms with Crippen molar-refractivity contribution in [3.63, 3.8) is 0 Å². The number of methoxy groups -OCH3 is 1. The number of hydrogen-bond acceptors (Lipinski definition) is 4. The Morgan fingerprint density at radius 2 is 2.12 bits per heavy atom. The summed E-state index contributed by atoms with van der Waals surface area (Å²) in [6.45, 7) is 2.10. The zero-order valence-electron chi connectivity index (χ0n) is 9.91. The minimum absolute atomic E-state index is 0.0777. The Kier molecular flexibility index (Phi) is 4.29. The predicted octanol–water partition coefficient (Wildman–Crippen LogP) is 0.183. The van der Waals surface area contributed by atoms with Gasteiger partial charge in [0.1, 0.15) is 0 Å². The van der Waals surface area contributed by atoms with E-state index in [2.05, 4.69) is 10.1 Å². The number of amides is 1. The molecule has 1 fully saturated rings. The van der Waals surface area contributed by atoms with Crippen LogP contribution >= 0.6 is 0 Å². The van der Waals surface area contributed by atoms with Crippen LogP contribution in [0, 0.1) is 5.92 Å². The minimum atomic E-state index is -0.381. The summed E-state index contributed by atoms with van der Waals surface area (Å²) in [6, 6.07) is 0. The highest BCUT2D eigenvalue weighted by Gasteiger charge is 2.41. The lowest BCUT2D eigenvalue weighted by molar-refractivity contribution is -0.144. The summed E-state index contributed by atoms with van der Waals surface area (Å²) in [5, 5.41) is 2.93. The van der Waals surface area contributed by atoms with E-state index in [-0.39, 0.29) is 29.8 Å². The maximum Gasteiger partial charge on any atom is 0.307 e. The van der Waals surface area contributed by atoms with Gasteiger partial charge < -0.3 is 15.8 Å². The summed E-state index contributed by atoms with van der Waals surface area (Å²) < 4.78 is 4.64. The molecule has 0 bridgehead atoms. The molecule has 1 rings (SSSR count). The molecule has 0 heterocycles. The summed E-state index contributed by atoms with van der Waals surface area (Å²) >= 11 is 0. The van der Waals surface area contributed by atoms with Crippen molar-refractivity contribution in [1.82, 2.24) is 5.32 Å². The van der Waals surface area contributed by atoms with Crippen LogP contribution in [0.25, 0.3) is 0 Å². The molecule has 0 aromatic heterocycles. The second-order valence-corrected chi connectivity index (χ2v) is 4.51. The number of ether oxygens (including phenoxy) is 1. The van der Waals surface area contributed by atoms with Gasteiger partial charge >= 0.3 is 5.97 Å². The van der Waals surface area contributed by atoms with E-state index in [1.165, 1.54) is 7.11 Å². The van der Waals surface area contributed by atoms with Crippen molar-refractivity contribution in [2.24, 2.45) is 11.7 Å². The van der Waals surface area contributed by atoms with Crippen molar-refractivity contribution >= 4 is 11.9 Å². The lowest BCUT2D eigenvalue weighted by atomic mass is 9.74. The molecule has 0 aliphatic heterocycles. The van der Waals surface area contributed by atoms with Gasteiger partial charge in [0, 0.05) is 12.5 Å². The van der Waals surface area contributed by atoms with Crippen LogP contribution in [0.4, 0.5) is 0 Å². The molecule has 92 valence electrons. The van der Waals surface area contributed by atoms with E-state index in [1.54, 1.807) is 6.92 Å². The monoisotopic (exact) mass is 228 g/mol. The molecule has 5 heteroatoms. The Morgan fingerprint density at radius 1 is 1.50 bits per heavy atom. The average Bonchev–Trinajstić information content (AvgIpc) is 2.24. The third-order valence-corrected chi connectivity index (χ3v) is 3.21. The van der Waals surface area contributed by atoms with Gasteiger partial charge in [-0.15, -0.1) is 0 Å². The Bertz CT molecular complexity index is 274. The first-order valence-corrected chi connectivity index (χ1v) is 5.62. The van der Waals surface area contributed by atoms with E-state index in [1.807, 2.05) is 0 Å². The molecule has 1 unspecified atom stereocenters. The molecule has 0 radical (unpaired) electrons. The van der Waals surface area contributed by atoms with Gasteiger partial charge in [0.05, 0.1) is 19.1 Å². The topological polar surface area (TPSA) is 81.4 Å². The number of nitrogens with two attached hydrogens (primary N) is 1. The van der Waals surface area contributed by atoms with E-state index < -0.39 is 0 Å². The van der Waals surface area contributed by atoms with E-state index in [9.17, 15) is 9.59 Å². The number of carbonyl (C=O) groups excluding carboxylic acids is 2. The molecular formula is C11H20N2O3. The van der Waals surface area contributed by atoms with Gasteiger partial charge in [-0.3, -0.25) is 9.59 Å². The van der Waals surface area contributed by atoms with Gasteiger partial charge in [-0.05, 0) is 19.3 Å². The molecule has 0 saturated heterocycles. The zero-order chi connectivity index (χ0) is 12.2. The van der Waals surface area contributed by atoms with Crippen LogP contribution in [0.1, 0.15) is 32.6 Å². The number of hydrogen-bond donors (Lipinski definition) is 2. The van der Waals surface area contributed by atoms with Crippen molar-refractivity contribution < 1.29 is 14.3 Å². The van der Waals surface area contributed by atoms with Gasteiger partial charge in [-0.1, -0.05) is 6.92 Å². The highest BCUT2D eigenvalue weighted by molar-refractivity contribution is 5.81. The fraction of sp³-hybridized carbons (Fsp3) is 0.818. The average molecular weight is 228 g/mol. The predicted molar refractivity (Wildman–Crippen MR) is 59.6 cm³/mol. The third kappa shape index (κ3) is 2.95. The largest absolute Gasteiger partial charge is 0.469 e. The molecular weight excluding hydrogens is 208 g/mol. The summed E-state index contributed by atoms with van der Waals surface area (Å²) in [5.41, 5.74) is 5.04. The fourth-order valence-electron chi connectivity index (χ4n) is 1.79. The van der Waals surface area contributed by atoms with Crippen molar-refractivity contribution in [3.8, 4) is 0 Å². The molecule has 1 saturated carbocycles. The van der Waals surface area contributed by atoms with Crippen LogP contribution in [0.5, 0.6) is 0 Å². The summed E-state index contributed by atoms with van der Waals surface area (Å²) in [7, 11) is 1.36. The molecule has 1 aliphatic rings. The molecule has 3 N–H and O–H groups in total. The van der Waals surface area contributed by atoms with Crippen LogP contribution in [-0.2, 0) is 14.3 Å². The third-order valence-electron chi connectivity index (χ3n) is 3.21. The first-order valence-electron chi connectivity index (χ1n) is 5.62. The smallest absolute Gasteiger partial charge is 0.307 e. The molecule has 1 amide bonds. The number of esters is 1. The Morgan fingerprint density at radius 3 is 2.50 bits per heavy atom. The highest BCUT2D eigenvalue weighted by Crippen LogP contribution is 2.35. The lowest BCUT2D eigenvalue weighted by Gasteiger charge is -2.42. The van der Waals surface area contributed by atoms with Gasteiger partial charge in [0.15, 0.2) is 0 Å². The van der Waals surface area contributed by atoms with Crippen LogP contribution in [-0.4, -0.2) is 31.1 Å². The number of nitrogens with one attached hydrogen (secondary N) is 1. The van der Waals surface area contributed by atoms with Crippen LogP contribution in [0.15, 0.2) is 0 Å². The minimum Gasteiger partial charge on any atom is -0.469 e. The van der Waals surface area contributed by atoms with Crippen molar-refractivity contribution in [3.05, 3.63) is 0 Å². The summed E-state index contributed by atoms with van der Waals surface area (Å²) in [5.74, 6) is -0.568. The maximum absolute atomic E-state index is 11.7. The first kappa shape index (κ1) is 13.0. The summed E-state index contributed by atoms with van der Waals surface area (Å²) in [6.07, 6.45) is 2.97.